The molecule has 1 rings (SSSR count). The van der Waals surface area contributed by atoms with Crippen LogP contribution in [-0.4, -0.2) is 28.7 Å². The van der Waals surface area contributed by atoms with Crippen LogP contribution >= 0.6 is 11.6 Å². The van der Waals surface area contributed by atoms with Crippen molar-refractivity contribution in [2.24, 2.45) is 0 Å². The van der Waals surface area contributed by atoms with Gasteiger partial charge in [-0.1, -0.05) is 11.6 Å². The third-order valence-corrected chi connectivity index (χ3v) is 3.25. The molecule has 17 heavy (non-hydrogen) atoms. The highest BCUT2D eigenvalue weighted by atomic mass is 35.5. The summed E-state index contributed by atoms with van der Waals surface area (Å²) in [7, 11) is -0.830. The Morgan fingerprint density at radius 1 is 1.53 bits per heavy atom. The summed E-state index contributed by atoms with van der Waals surface area (Å²) in [5.41, 5.74) is 6.44. The summed E-state index contributed by atoms with van der Waals surface area (Å²) in [4.78, 5) is 11.7. The van der Waals surface area contributed by atoms with Crippen molar-refractivity contribution in [1.29, 1.82) is 0 Å². The van der Waals surface area contributed by atoms with E-state index < -0.39 is 10.8 Å². The first-order valence-electron chi connectivity index (χ1n) is 5.14. The zero-order valence-electron chi connectivity index (χ0n) is 9.53. The van der Waals surface area contributed by atoms with Crippen LogP contribution in [0.3, 0.4) is 0 Å². The van der Waals surface area contributed by atoms with E-state index in [1.807, 2.05) is 0 Å². The fourth-order valence-electron chi connectivity index (χ4n) is 1.30. The van der Waals surface area contributed by atoms with Gasteiger partial charge in [0.25, 0.3) is 5.91 Å². The Bertz CT molecular complexity index is 437. The summed E-state index contributed by atoms with van der Waals surface area (Å²) < 4.78 is 10.8. The van der Waals surface area contributed by atoms with Gasteiger partial charge in [0.15, 0.2) is 0 Å². The number of nitrogens with one attached hydrogen (secondary N) is 1. The molecule has 1 amide bonds. The number of hydrogen-bond donors (Lipinski definition) is 2. The molecule has 0 heterocycles. The number of rotatable bonds is 5. The van der Waals surface area contributed by atoms with Crippen molar-refractivity contribution in [1.82, 2.24) is 5.32 Å². The Hall–Kier alpha value is -1.07. The van der Waals surface area contributed by atoms with Crippen LogP contribution < -0.4 is 11.1 Å². The third-order valence-electron chi connectivity index (χ3n) is 2.15. The van der Waals surface area contributed by atoms with Gasteiger partial charge in [0, 0.05) is 40.1 Å². The fraction of sp³-hybridized carbons (Fsp3) is 0.364. The van der Waals surface area contributed by atoms with Gasteiger partial charge in [0.05, 0.1) is 5.56 Å². The average molecular weight is 275 g/mol. The van der Waals surface area contributed by atoms with E-state index in [0.29, 0.717) is 35.0 Å². The van der Waals surface area contributed by atoms with E-state index in [1.165, 1.54) is 6.07 Å². The van der Waals surface area contributed by atoms with Gasteiger partial charge in [-0.15, -0.1) is 0 Å². The quantitative estimate of drug-likeness (QED) is 0.630. The summed E-state index contributed by atoms with van der Waals surface area (Å²) in [5.74, 6) is 0.317. The molecule has 0 fully saturated rings. The number of benzene rings is 1. The number of halogens is 1. The van der Waals surface area contributed by atoms with Gasteiger partial charge >= 0.3 is 0 Å². The molecule has 1 aromatic carbocycles. The number of hydrogen-bond acceptors (Lipinski definition) is 3. The molecule has 0 bridgehead atoms. The first kappa shape index (κ1) is 14.0. The van der Waals surface area contributed by atoms with Gasteiger partial charge in [0.2, 0.25) is 0 Å². The van der Waals surface area contributed by atoms with Crippen molar-refractivity contribution in [3.63, 3.8) is 0 Å². The smallest absolute Gasteiger partial charge is 0.253 e. The summed E-state index contributed by atoms with van der Waals surface area (Å²) in [6, 6.07) is 4.76. The summed E-state index contributed by atoms with van der Waals surface area (Å²) in [5, 5.41) is 3.18. The molecule has 0 aliphatic carbocycles. The number of nitrogen functional groups attached to an aromatic ring is 1. The van der Waals surface area contributed by atoms with E-state index in [1.54, 1.807) is 18.4 Å². The average Bonchev–Trinajstić information content (AvgIpc) is 2.27. The van der Waals surface area contributed by atoms with Crippen molar-refractivity contribution < 1.29 is 9.00 Å². The first-order valence-corrected chi connectivity index (χ1v) is 7.24. The lowest BCUT2D eigenvalue weighted by Crippen LogP contribution is -2.26. The minimum absolute atomic E-state index is 0.258. The van der Waals surface area contributed by atoms with Crippen molar-refractivity contribution in [3.05, 3.63) is 28.8 Å². The molecule has 0 spiro atoms. The highest BCUT2D eigenvalue weighted by Crippen LogP contribution is 2.17. The number of carbonyl (C=O) groups is 1. The zero-order valence-corrected chi connectivity index (χ0v) is 11.1. The molecule has 3 N–H and O–H groups in total. The minimum Gasteiger partial charge on any atom is -0.398 e. The number of anilines is 1. The largest absolute Gasteiger partial charge is 0.398 e. The lowest BCUT2D eigenvalue weighted by molar-refractivity contribution is 0.0954. The molecule has 0 saturated carbocycles. The number of amides is 1. The van der Waals surface area contributed by atoms with Crippen LogP contribution in [0.2, 0.25) is 5.02 Å². The topological polar surface area (TPSA) is 72.2 Å². The van der Waals surface area contributed by atoms with Crippen LogP contribution in [-0.2, 0) is 10.8 Å². The second-order valence-corrected chi connectivity index (χ2v) is 5.61. The molecule has 1 atom stereocenters. The Kier molecular flexibility index (Phi) is 5.44. The molecule has 4 nitrogen and oxygen atoms in total. The summed E-state index contributed by atoms with van der Waals surface area (Å²) >= 11 is 5.79. The molecule has 0 aliphatic heterocycles. The van der Waals surface area contributed by atoms with E-state index >= 15 is 0 Å². The molecule has 0 aromatic heterocycles. The Morgan fingerprint density at radius 2 is 2.24 bits per heavy atom. The molecule has 0 aliphatic rings. The Balaban J connectivity index is 2.52. The van der Waals surface area contributed by atoms with E-state index in [2.05, 4.69) is 5.32 Å². The lowest BCUT2D eigenvalue weighted by Gasteiger charge is -2.07. The molecule has 0 radical (unpaired) electrons. The van der Waals surface area contributed by atoms with Crippen LogP contribution in [0.15, 0.2) is 18.2 Å². The second kappa shape index (κ2) is 6.61. The SMILES string of the molecule is CS(=O)CCCNC(=O)c1cc(Cl)ccc1N. The zero-order chi connectivity index (χ0) is 12.8. The van der Waals surface area contributed by atoms with Gasteiger partial charge in [-0.05, 0) is 24.6 Å². The predicted octanol–water partition coefficient (Wildman–Crippen LogP) is 1.42. The van der Waals surface area contributed by atoms with E-state index in [0.717, 1.165) is 0 Å². The van der Waals surface area contributed by atoms with Crippen molar-refractivity contribution in [2.45, 2.75) is 6.42 Å². The fourth-order valence-corrected chi connectivity index (χ4v) is 2.02. The van der Waals surface area contributed by atoms with Crippen LogP contribution in [0.25, 0.3) is 0 Å². The first-order chi connectivity index (χ1) is 8.00. The molecular formula is C11H15ClN2O2S. The molecule has 1 unspecified atom stereocenters. The third kappa shape index (κ3) is 4.75. The van der Waals surface area contributed by atoms with Gasteiger partial charge in [0.1, 0.15) is 0 Å². The minimum atomic E-state index is -0.830. The molecule has 94 valence electrons. The van der Waals surface area contributed by atoms with Crippen LogP contribution in [0.5, 0.6) is 0 Å². The highest BCUT2D eigenvalue weighted by molar-refractivity contribution is 7.84. The lowest BCUT2D eigenvalue weighted by atomic mass is 10.1. The number of nitrogens with two attached hydrogens (primary N) is 1. The molecular weight excluding hydrogens is 260 g/mol. The van der Waals surface area contributed by atoms with Crippen molar-refractivity contribution in [3.8, 4) is 0 Å². The van der Waals surface area contributed by atoms with Crippen LogP contribution in [0, 0.1) is 0 Å². The maximum atomic E-state index is 11.7. The van der Waals surface area contributed by atoms with Gasteiger partial charge < -0.3 is 11.1 Å². The van der Waals surface area contributed by atoms with E-state index in [4.69, 9.17) is 17.3 Å². The Labute approximate surface area is 108 Å². The van der Waals surface area contributed by atoms with E-state index in [-0.39, 0.29) is 5.91 Å². The Morgan fingerprint density at radius 3 is 2.88 bits per heavy atom. The number of carbonyl (C=O) groups excluding carboxylic acids is 1. The summed E-state index contributed by atoms with van der Waals surface area (Å²) in [6.45, 7) is 0.477. The second-order valence-electron chi connectivity index (χ2n) is 3.62. The van der Waals surface area contributed by atoms with Crippen molar-refractivity contribution in [2.75, 3.05) is 24.3 Å². The monoisotopic (exact) mass is 274 g/mol. The highest BCUT2D eigenvalue weighted by Gasteiger charge is 2.09. The van der Waals surface area contributed by atoms with Crippen molar-refractivity contribution >= 4 is 34.0 Å². The maximum absolute atomic E-state index is 11.7. The summed E-state index contributed by atoms with van der Waals surface area (Å²) in [6.07, 6.45) is 2.31. The molecule has 0 saturated heterocycles. The standard InChI is InChI=1S/C11H15ClN2O2S/c1-17(16)6-2-5-14-11(15)9-7-8(12)3-4-10(9)13/h3-4,7H,2,5-6,13H2,1H3,(H,14,15). The van der Waals surface area contributed by atoms with Crippen LogP contribution in [0.1, 0.15) is 16.8 Å². The van der Waals surface area contributed by atoms with Gasteiger partial charge in [-0.3, -0.25) is 9.00 Å². The normalized spacial score (nSPS) is 12.1. The molecule has 1 aromatic rings. The maximum Gasteiger partial charge on any atom is 0.253 e. The van der Waals surface area contributed by atoms with E-state index in [9.17, 15) is 9.00 Å². The van der Waals surface area contributed by atoms with Crippen LogP contribution in [0.4, 0.5) is 5.69 Å². The molecule has 6 heteroatoms. The van der Waals surface area contributed by atoms with Gasteiger partial charge in [-0.2, -0.15) is 0 Å². The predicted molar refractivity (Wildman–Crippen MR) is 71.7 cm³/mol. The van der Waals surface area contributed by atoms with Gasteiger partial charge in [-0.25, -0.2) is 0 Å².